The number of likely N-dealkylation sites (tertiary alicyclic amines) is 1. The number of halogens is 1. The molecule has 0 unspecified atom stereocenters. The Morgan fingerprint density at radius 2 is 1.79 bits per heavy atom. The first-order valence-corrected chi connectivity index (χ1v) is 10.2. The van der Waals surface area contributed by atoms with E-state index in [0.29, 0.717) is 12.5 Å². The SMILES string of the molecule is O=C1c2ccccc2CN1CC1CCN(CCCOc2ccc(F)cc2)CC1. The van der Waals surface area contributed by atoms with E-state index in [1.165, 1.54) is 12.1 Å². The Morgan fingerprint density at radius 3 is 2.54 bits per heavy atom. The van der Waals surface area contributed by atoms with Crippen LogP contribution in [0.25, 0.3) is 0 Å². The predicted octanol–water partition coefficient (Wildman–Crippen LogP) is 3.96. The highest BCUT2D eigenvalue weighted by Crippen LogP contribution is 2.26. The molecule has 0 N–H and O–H groups in total. The third-order valence-corrected chi connectivity index (χ3v) is 5.78. The van der Waals surface area contributed by atoms with Gasteiger partial charge in [0.05, 0.1) is 6.61 Å². The molecule has 0 radical (unpaired) electrons. The van der Waals surface area contributed by atoms with Crippen LogP contribution >= 0.6 is 0 Å². The van der Waals surface area contributed by atoms with Gasteiger partial charge in [0.2, 0.25) is 0 Å². The van der Waals surface area contributed by atoms with Gasteiger partial charge in [0, 0.05) is 25.2 Å². The molecule has 0 saturated carbocycles. The van der Waals surface area contributed by atoms with Gasteiger partial charge in [-0.25, -0.2) is 4.39 Å². The Balaban J connectivity index is 1.14. The van der Waals surface area contributed by atoms with E-state index in [2.05, 4.69) is 11.0 Å². The summed E-state index contributed by atoms with van der Waals surface area (Å²) < 4.78 is 18.6. The van der Waals surface area contributed by atoms with Crippen LogP contribution in [0.4, 0.5) is 4.39 Å². The summed E-state index contributed by atoms with van der Waals surface area (Å²) in [5.41, 5.74) is 2.03. The van der Waals surface area contributed by atoms with E-state index in [1.807, 2.05) is 23.1 Å². The molecule has 0 aliphatic carbocycles. The van der Waals surface area contributed by atoms with Crippen LogP contribution in [0.1, 0.15) is 35.2 Å². The Bertz CT molecular complexity index is 801. The zero-order valence-electron chi connectivity index (χ0n) is 16.1. The number of rotatable bonds is 7. The maximum absolute atomic E-state index is 12.9. The highest BCUT2D eigenvalue weighted by molar-refractivity contribution is 5.98. The minimum Gasteiger partial charge on any atom is -0.494 e. The number of hydrogen-bond donors (Lipinski definition) is 0. The molecule has 0 atom stereocenters. The Labute approximate surface area is 165 Å². The second kappa shape index (κ2) is 8.74. The second-order valence-electron chi connectivity index (χ2n) is 7.78. The van der Waals surface area contributed by atoms with E-state index in [4.69, 9.17) is 4.74 Å². The van der Waals surface area contributed by atoms with Crippen molar-refractivity contribution in [3.05, 3.63) is 65.5 Å². The minimum absolute atomic E-state index is 0.191. The highest BCUT2D eigenvalue weighted by Gasteiger charge is 2.29. The summed E-state index contributed by atoms with van der Waals surface area (Å²) in [6, 6.07) is 14.1. The van der Waals surface area contributed by atoms with Crippen LogP contribution in [0, 0.1) is 11.7 Å². The number of ether oxygens (including phenoxy) is 1. The van der Waals surface area contributed by atoms with E-state index in [0.717, 1.165) is 68.9 Å². The van der Waals surface area contributed by atoms with E-state index in [1.54, 1.807) is 12.1 Å². The topological polar surface area (TPSA) is 32.8 Å². The molecule has 4 rings (SSSR count). The number of nitrogens with zero attached hydrogens (tertiary/aromatic N) is 2. The number of hydrogen-bond acceptors (Lipinski definition) is 3. The van der Waals surface area contributed by atoms with Gasteiger partial charge in [0.15, 0.2) is 0 Å². The first-order chi connectivity index (χ1) is 13.7. The van der Waals surface area contributed by atoms with Crippen molar-refractivity contribution in [2.24, 2.45) is 5.92 Å². The maximum atomic E-state index is 12.9. The zero-order chi connectivity index (χ0) is 19.3. The lowest BCUT2D eigenvalue weighted by Gasteiger charge is -2.33. The molecule has 1 amide bonds. The van der Waals surface area contributed by atoms with Gasteiger partial charge in [-0.1, -0.05) is 18.2 Å². The third-order valence-electron chi connectivity index (χ3n) is 5.78. The fraction of sp³-hybridized carbons (Fsp3) is 0.435. The molecule has 1 saturated heterocycles. The average Bonchev–Trinajstić information content (AvgIpc) is 3.04. The van der Waals surface area contributed by atoms with Crippen molar-refractivity contribution < 1.29 is 13.9 Å². The van der Waals surface area contributed by atoms with E-state index < -0.39 is 0 Å². The van der Waals surface area contributed by atoms with Crippen molar-refractivity contribution in [2.75, 3.05) is 32.8 Å². The standard InChI is InChI=1S/C23H27FN2O2/c24-20-6-8-21(9-7-20)28-15-3-12-25-13-10-18(11-14-25)16-26-17-19-4-1-2-5-22(19)23(26)27/h1-2,4-9,18H,3,10-17H2. The highest BCUT2D eigenvalue weighted by atomic mass is 19.1. The molecular weight excluding hydrogens is 355 g/mol. The Kier molecular flexibility index (Phi) is 5.91. The average molecular weight is 382 g/mol. The lowest BCUT2D eigenvalue weighted by molar-refractivity contribution is 0.0712. The summed E-state index contributed by atoms with van der Waals surface area (Å²) in [5.74, 6) is 1.26. The molecular formula is C23H27FN2O2. The predicted molar refractivity (Wildman–Crippen MR) is 107 cm³/mol. The molecule has 2 aromatic rings. The molecule has 0 aromatic heterocycles. The van der Waals surface area contributed by atoms with Crippen LogP contribution in [0.5, 0.6) is 5.75 Å². The molecule has 28 heavy (non-hydrogen) atoms. The summed E-state index contributed by atoms with van der Waals surface area (Å²) in [6.07, 6.45) is 3.24. The minimum atomic E-state index is -0.241. The summed E-state index contributed by atoms with van der Waals surface area (Å²) in [5, 5.41) is 0. The molecule has 2 aliphatic rings. The van der Waals surface area contributed by atoms with Crippen molar-refractivity contribution >= 4 is 5.91 Å². The largest absolute Gasteiger partial charge is 0.494 e. The van der Waals surface area contributed by atoms with Crippen molar-refractivity contribution in [1.82, 2.24) is 9.80 Å². The number of fused-ring (bicyclic) bond motifs is 1. The number of amides is 1. The van der Waals surface area contributed by atoms with Crippen LogP contribution in [0.3, 0.4) is 0 Å². The third kappa shape index (κ3) is 4.53. The summed E-state index contributed by atoms with van der Waals surface area (Å²) in [4.78, 5) is 17.0. The maximum Gasteiger partial charge on any atom is 0.254 e. The van der Waals surface area contributed by atoms with E-state index in [9.17, 15) is 9.18 Å². The fourth-order valence-electron chi connectivity index (χ4n) is 4.18. The van der Waals surface area contributed by atoms with Crippen molar-refractivity contribution in [1.29, 1.82) is 0 Å². The lowest BCUT2D eigenvalue weighted by Crippen LogP contribution is -2.39. The van der Waals surface area contributed by atoms with Gasteiger partial charge in [-0.15, -0.1) is 0 Å². The van der Waals surface area contributed by atoms with Gasteiger partial charge in [-0.2, -0.15) is 0 Å². The van der Waals surface area contributed by atoms with Crippen molar-refractivity contribution in [3.8, 4) is 5.75 Å². The number of carbonyl (C=O) groups excluding carboxylic acids is 1. The van der Waals surface area contributed by atoms with Gasteiger partial charge in [-0.3, -0.25) is 4.79 Å². The van der Waals surface area contributed by atoms with Gasteiger partial charge >= 0.3 is 0 Å². The lowest BCUT2D eigenvalue weighted by atomic mass is 9.96. The number of benzene rings is 2. The van der Waals surface area contributed by atoms with E-state index >= 15 is 0 Å². The second-order valence-corrected chi connectivity index (χ2v) is 7.78. The molecule has 2 aliphatic heterocycles. The van der Waals surface area contributed by atoms with Gasteiger partial charge in [0.25, 0.3) is 5.91 Å². The molecule has 148 valence electrons. The summed E-state index contributed by atoms with van der Waals surface area (Å²) in [7, 11) is 0. The van der Waals surface area contributed by atoms with Crippen LogP contribution in [0.2, 0.25) is 0 Å². The summed E-state index contributed by atoms with van der Waals surface area (Å²) in [6.45, 7) is 5.45. The van der Waals surface area contributed by atoms with Crippen molar-refractivity contribution in [2.45, 2.75) is 25.8 Å². The molecule has 4 nitrogen and oxygen atoms in total. The molecule has 0 bridgehead atoms. The normalized spacial score (nSPS) is 17.8. The zero-order valence-corrected chi connectivity index (χ0v) is 16.1. The van der Waals surface area contributed by atoms with Gasteiger partial charge in [0.1, 0.15) is 11.6 Å². The number of piperidine rings is 1. The molecule has 2 heterocycles. The van der Waals surface area contributed by atoms with Crippen LogP contribution < -0.4 is 4.74 Å². The molecule has 1 fully saturated rings. The van der Waals surface area contributed by atoms with E-state index in [-0.39, 0.29) is 11.7 Å². The van der Waals surface area contributed by atoms with Crippen LogP contribution in [-0.2, 0) is 6.54 Å². The molecule has 2 aromatic carbocycles. The van der Waals surface area contributed by atoms with Crippen LogP contribution in [-0.4, -0.2) is 48.5 Å². The first-order valence-electron chi connectivity index (χ1n) is 10.2. The van der Waals surface area contributed by atoms with Gasteiger partial charge < -0.3 is 14.5 Å². The van der Waals surface area contributed by atoms with Gasteiger partial charge in [-0.05, 0) is 74.2 Å². The first kappa shape index (κ1) is 18.9. The smallest absolute Gasteiger partial charge is 0.254 e. The fourth-order valence-corrected chi connectivity index (χ4v) is 4.18. The molecule has 5 heteroatoms. The molecule has 0 spiro atoms. The Morgan fingerprint density at radius 1 is 1.04 bits per heavy atom. The monoisotopic (exact) mass is 382 g/mol. The van der Waals surface area contributed by atoms with Crippen LogP contribution in [0.15, 0.2) is 48.5 Å². The quantitative estimate of drug-likeness (QED) is 0.680. The summed E-state index contributed by atoms with van der Waals surface area (Å²) >= 11 is 0. The number of carbonyl (C=O) groups is 1. The van der Waals surface area contributed by atoms with Crippen molar-refractivity contribution in [3.63, 3.8) is 0 Å². The Hall–Kier alpha value is -2.40.